The molecule has 0 saturated carbocycles. The van der Waals surface area contributed by atoms with Crippen molar-refractivity contribution in [1.29, 1.82) is 0 Å². The fraction of sp³-hybridized carbons (Fsp3) is 0.360. The molecule has 1 aliphatic rings. The van der Waals surface area contributed by atoms with Gasteiger partial charge in [0.1, 0.15) is 24.7 Å². The molecule has 34 heavy (non-hydrogen) atoms. The highest BCUT2D eigenvalue weighted by molar-refractivity contribution is 7.10. The molecule has 0 saturated heterocycles. The van der Waals surface area contributed by atoms with Gasteiger partial charge < -0.3 is 23.7 Å². The van der Waals surface area contributed by atoms with Crippen molar-refractivity contribution >= 4 is 23.2 Å². The summed E-state index contributed by atoms with van der Waals surface area (Å²) in [6.45, 7) is 1.46. The first kappa shape index (κ1) is 24.0. The van der Waals surface area contributed by atoms with Crippen LogP contribution in [-0.2, 0) is 16.0 Å². The van der Waals surface area contributed by atoms with Gasteiger partial charge in [-0.3, -0.25) is 9.59 Å². The zero-order chi connectivity index (χ0) is 23.9. The minimum absolute atomic E-state index is 0.0841. The maximum atomic E-state index is 13.6. The van der Waals surface area contributed by atoms with Gasteiger partial charge in [-0.15, -0.1) is 11.3 Å². The highest BCUT2D eigenvalue weighted by Crippen LogP contribution is 2.34. The molecule has 0 radical (unpaired) electrons. The van der Waals surface area contributed by atoms with E-state index in [1.807, 2.05) is 11.4 Å². The smallest absolute Gasteiger partial charge is 0.290 e. The zero-order valence-corrected chi connectivity index (χ0v) is 19.8. The Hall–Kier alpha value is -3.17. The van der Waals surface area contributed by atoms with E-state index in [-0.39, 0.29) is 42.6 Å². The van der Waals surface area contributed by atoms with Crippen LogP contribution in [0, 0.1) is 5.82 Å². The summed E-state index contributed by atoms with van der Waals surface area (Å²) in [5.41, 5.74) is 1.03. The predicted molar refractivity (Wildman–Crippen MR) is 125 cm³/mol. The van der Waals surface area contributed by atoms with E-state index in [1.54, 1.807) is 47.6 Å². The molecule has 1 aliphatic heterocycles. The molecule has 3 heterocycles. The van der Waals surface area contributed by atoms with Crippen molar-refractivity contribution in [3.63, 3.8) is 0 Å². The van der Waals surface area contributed by atoms with Gasteiger partial charge in [-0.1, -0.05) is 6.07 Å². The van der Waals surface area contributed by atoms with Gasteiger partial charge in [-0.05, 0) is 54.1 Å². The standard InChI is InChI=1S/C25H27FN2O5S/c1-31-12-4-10-27(25(30)22-7-3-13-32-22)16-24(29)28-11-8-23-20(9-14-34-23)21(28)17-33-19-6-2-5-18(26)15-19/h2-3,5-7,9,13-15,21H,4,8,10-12,16-17H2,1H3/t21-/m0/s1. The number of thiophene rings is 1. The van der Waals surface area contributed by atoms with Crippen LogP contribution < -0.4 is 4.74 Å². The first-order chi connectivity index (χ1) is 16.6. The number of furan rings is 1. The lowest BCUT2D eigenvalue weighted by molar-refractivity contribution is -0.135. The summed E-state index contributed by atoms with van der Waals surface area (Å²) in [7, 11) is 1.60. The molecule has 0 bridgehead atoms. The van der Waals surface area contributed by atoms with Gasteiger partial charge in [0.05, 0.1) is 12.3 Å². The predicted octanol–water partition coefficient (Wildman–Crippen LogP) is 4.16. The summed E-state index contributed by atoms with van der Waals surface area (Å²) in [6, 6.07) is 10.9. The summed E-state index contributed by atoms with van der Waals surface area (Å²) < 4.78 is 29.9. The molecular formula is C25H27FN2O5S. The fourth-order valence-corrected chi connectivity index (χ4v) is 5.00. The van der Waals surface area contributed by atoms with E-state index in [2.05, 4.69) is 0 Å². The zero-order valence-electron chi connectivity index (χ0n) is 18.9. The van der Waals surface area contributed by atoms with Crippen LogP contribution in [-0.4, -0.2) is 61.6 Å². The lowest BCUT2D eigenvalue weighted by atomic mass is 10.0. The number of rotatable bonds is 10. The number of benzene rings is 1. The van der Waals surface area contributed by atoms with Crippen molar-refractivity contribution in [2.45, 2.75) is 18.9 Å². The second-order valence-electron chi connectivity index (χ2n) is 7.97. The Morgan fingerprint density at radius 1 is 1.26 bits per heavy atom. The molecule has 0 fully saturated rings. The Kier molecular flexibility index (Phi) is 7.97. The third-order valence-electron chi connectivity index (χ3n) is 5.74. The van der Waals surface area contributed by atoms with Gasteiger partial charge in [-0.25, -0.2) is 4.39 Å². The number of nitrogens with zero attached hydrogens (tertiary/aromatic N) is 2. The molecular weight excluding hydrogens is 459 g/mol. The number of carbonyl (C=O) groups is 2. The normalized spacial score (nSPS) is 15.1. The van der Waals surface area contributed by atoms with E-state index in [0.717, 1.165) is 12.0 Å². The number of hydrogen-bond donors (Lipinski definition) is 0. The van der Waals surface area contributed by atoms with E-state index < -0.39 is 0 Å². The summed E-state index contributed by atoms with van der Waals surface area (Å²) >= 11 is 1.65. The first-order valence-corrected chi connectivity index (χ1v) is 12.0. The highest BCUT2D eigenvalue weighted by atomic mass is 32.1. The molecule has 0 N–H and O–H groups in total. The summed E-state index contributed by atoms with van der Waals surface area (Å²) in [5, 5.41) is 2.01. The molecule has 1 atom stereocenters. The molecule has 180 valence electrons. The van der Waals surface area contributed by atoms with Crippen molar-refractivity contribution in [3.05, 3.63) is 76.1 Å². The number of fused-ring (bicyclic) bond motifs is 1. The second-order valence-corrected chi connectivity index (χ2v) is 8.97. The van der Waals surface area contributed by atoms with Crippen LogP contribution in [0.1, 0.15) is 33.5 Å². The van der Waals surface area contributed by atoms with Crippen molar-refractivity contribution in [3.8, 4) is 5.75 Å². The van der Waals surface area contributed by atoms with Crippen LogP contribution in [0.5, 0.6) is 5.75 Å². The van der Waals surface area contributed by atoms with Crippen molar-refractivity contribution in [2.75, 3.05) is 40.0 Å². The molecule has 0 unspecified atom stereocenters. The lowest BCUT2D eigenvalue weighted by Crippen LogP contribution is -2.48. The first-order valence-electron chi connectivity index (χ1n) is 11.1. The topological polar surface area (TPSA) is 72.2 Å². The number of ether oxygens (including phenoxy) is 2. The van der Waals surface area contributed by atoms with Gasteiger partial charge >= 0.3 is 0 Å². The SMILES string of the molecule is COCCCN(CC(=O)N1CCc2sccc2[C@@H]1COc1cccc(F)c1)C(=O)c1ccco1. The number of carbonyl (C=O) groups excluding carboxylic acids is 2. The van der Waals surface area contributed by atoms with E-state index in [0.29, 0.717) is 31.9 Å². The molecule has 0 aliphatic carbocycles. The van der Waals surface area contributed by atoms with E-state index in [9.17, 15) is 14.0 Å². The Balaban J connectivity index is 1.50. The average Bonchev–Trinajstić information content (AvgIpc) is 3.54. The van der Waals surface area contributed by atoms with Crippen LogP contribution in [0.15, 0.2) is 58.5 Å². The highest BCUT2D eigenvalue weighted by Gasteiger charge is 2.34. The number of halogens is 1. The quantitative estimate of drug-likeness (QED) is 0.403. The van der Waals surface area contributed by atoms with Crippen molar-refractivity contribution in [2.24, 2.45) is 0 Å². The minimum Gasteiger partial charge on any atom is -0.491 e. The van der Waals surface area contributed by atoms with Gasteiger partial charge in [0.2, 0.25) is 5.91 Å². The van der Waals surface area contributed by atoms with Crippen LogP contribution in [0.25, 0.3) is 0 Å². The second kappa shape index (κ2) is 11.3. The number of amides is 2. The number of methoxy groups -OCH3 is 1. The maximum Gasteiger partial charge on any atom is 0.290 e. The van der Waals surface area contributed by atoms with Gasteiger partial charge in [0, 0.05) is 37.7 Å². The molecule has 0 spiro atoms. The molecule has 9 heteroatoms. The maximum absolute atomic E-state index is 13.6. The Labute approximate surface area is 201 Å². The van der Waals surface area contributed by atoms with E-state index >= 15 is 0 Å². The van der Waals surface area contributed by atoms with Crippen molar-refractivity contribution < 1.29 is 27.9 Å². The third kappa shape index (κ3) is 5.66. The van der Waals surface area contributed by atoms with E-state index in [4.69, 9.17) is 13.9 Å². The van der Waals surface area contributed by atoms with E-state index in [1.165, 1.54) is 28.2 Å². The average molecular weight is 487 g/mol. The van der Waals surface area contributed by atoms with Crippen LogP contribution in [0.3, 0.4) is 0 Å². The summed E-state index contributed by atoms with van der Waals surface area (Å²) in [6.07, 6.45) is 2.77. The number of hydrogen-bond acceptors (Lipinski definition) is 6. The molecule has 2 amide bonds. The fourth-order valence-electron chi connectivity index (χ4n) is 4.07. The monoisotopic (exact) mass is 486 g/mol. The van der Waals surface area contributed by atoms with Gasteiger partial charge in [0.25, 0.3) is 5.91 Å². The molecule has 4 rings (SSSR count). The Bertz CT molecular complexity index is 1100. The summed E-state index contributed by atoms with van der Waals surface area (Å²) in [4.78, 5) is 30.9. The largest absolute Gasteiger partial charge is 0.491 e. The van der Waals surface area contributed by atoms with Crippen LogP contribution in [0.2, 0.25) is 0 Å². The Morgan fingerprint density at radius 3 is 2.91 bits per heavy atom. The third-order valence-corrected chi connectivity index (χ3v) is 6.74. The Morgan fingerprint density at radius 2 is 2.15 bits per heavy atom. The molecule has 7 nitrogen and oxygen atoms in total. The van der Waals surface area contributed by atoms with Gasteiger partial charge in [0.15, 0.2) is 5.76 Å². The molecule has 1 aromatic carbocycles. The van der Waals surface area contributed by atoms with Crippen molar-refractivity contribution in [1.82, 2.24) is 9.80 Å². The lowest BCUT2D eigenvalue weighted by Gasteiger charge is -2.37. The minimum atomic E-state index is -0.381. The van der Waals surface area contributed by atoms with Gasteiger partial charge in [-0.2, -0.15) is 0 Å². The molecule has 3 aromatic rings. The summed E-state index contributed by atoms with van der Waals surface area (Å²) in [5.74, 6) is -0.301. The van der Waals surface area contributed by atoms with Crippen LogP contribution >= 0.6 is 11.3 Å². The molecule has 2 aromatic heterocycles. The van der Waals surface area contributed by atoms with Crippen LogP contribution in [0.4, 0.5) is 4.39 Å².